The number of nitrogens with zero attached hydrogens (tertiary/aromatic N) is 1. The number of aromatic amines is 1. The number of rotatable bonds is 4. The van der Waals surface area contributed by atoms with Crippen LogP contribution >= 0.6 is 0 Å². The normalized spacial score (nSPS) is 27.3. The monoisotopic (exact) mass is 314 g/mol. The van der Waals surface area contributed by atoms with Gasteiger partial charge in [-0.2, -0.15) is 0 Å². The molecule has 2 heterocycles. The predicted molar refractivity (Wildman–Crippen MR) is 91.7 cm³/mol. The number of likely N-dealkylation sites (tertiary alicyclic amines) is 1. The molecule has 1 aromatic carbocycles. The van der Waals surface area contributed by atoms with Crippen molar-refractivity contribution in [1.29, 1.82) is 0 Å². The van der Waals surface area contributed by atoms with E-state index >= 15 is 0 Å². The number of likely N-dealkylation sites (N-methyl/N-ethyl adjacent to an activating group) is 1. The van der Waals surface area contributed by atoms with Gasteiger partial charge in [-0.3, -0.25) is 4.90 Å². The Morgan fingerprint density at radius 3 is 3.00 bits per heavy atom. The van der Waals surface area contributed by atoms with Crippen molar-refractivity contribution in [2.75, 3.05) is 26.8 Å². The molecule has 1 aliphatic carbocycles. The first-order chi connectivity index (χ1) is 11.3. The van der Waals surface area contributed by atoms with Crippen molar-refractivity contribution in [3.8, 4) is 0 Å². The van der Waals surface area contributed by atoms with Crippen LogP contribution in [0.5, 0.6) is 0 Å². The Morgan fingerprint density at radius 2 is 2.26 bits per heavy atom. The molecule has 1 saturated heterocycles. The molecule has 1 aromatic heterocycles. The number of aromatic nitrogens is 1. The number of hydrogen-bond acceptors (Lipinski definition) is 3. The number of ether oxygens (including phenoxy) is 1. The summed E-state index contributed by atoms with van der Waals surface area (Å²) < 4.78 is 5.41. The van der Waals surface area contributed by atoms with Crippen LogP contribution in [0.25, 0.3) is 10.9 Å². The molecule has 0 radical (unpaired) electrons. The van der Waals surface area contributed by atoms with Crippen LogP contribution in [0.1, 0.15) is 36.1 Å². The van der Waals surface area contributed by atoms with E-state index in [0.29, 0.717) is 31.1 Å². The highest BCUT2D eigenvalue weighted by atomic mass is 16.5. The van der Waals surface area contributed by atoms with Crippen LogP contribution in [-0.2, 0) is 17.8 Å². The third-order valence-electron chi connectivity index (χ3n) is 5.83. The first-order valence-corrected chi connectivity index (χ1v) is 8.73. The molecule has 0 saturated carbocycles. The van der Waals surface area contributed by atoms with Gasteiger partial charge in [0, 0.05) is 48.8 Å². The highest BCUT2D eigenvalue weighted by Gasteiger charge is 2.40. The molecule has 2 aliphatic rings. The molecule has 0 bridgehead atoms. The van der Waals surface area contributed by atoms with E-state index in [0.717, 1.165) is 25.9 Å². The maximum Gasteiger partial charge on any atom is 0.0865 e. The van der Waals surface area contributed by atoms with Gasteiger partial charge in [0.15, 0.2) is 0 Å². The Balaban J connectivity index is 1.84. The fraction of sp³-hybridized carbons (Fsp3) is 0.579. The molecule has 1 unspecified atom stereocenters. The molecule has 0 amide bonds. The maximum absolute atomic E-state index is 9.71. The molecule has 1 fully saturated rings. The van der Waals surface area contributed by atoms with Gasteiger partial charge in [-0.1, -0.05) is 19.1 Å². The Labute approximate surface area is 137 Å². The zero-order valence-corrected chi connectivity index (χ0v) is 14.0. The highest BCUT2D eigenvalue weighted by molar-refractivity contribution is 5.89. The summed E-state index contributed by atoms with van der Waals surface area (Å²) in [6.45, 7) is 5.24. The van der Waals surface area contributed by atoms with Gasteiger partial charge in [0.05, 0.1) is 6.61 Å². The van der Waals surface area contributed by atoms with Crippen molar-refractivity contribution in [2.24, 2.45) is 5.92 Å². The van der Waals surface area contributed by atoms with E-state index in [-0.39, 0.29) is 0 Å². The van der Waals surface area contributed by atoms with Crippen molar-refractivity contribution in [3.63, 3.8) is 0 Å². The molecular weight excluding hydrogens is 288 g/mol. The van der Waals surface area contributed by atoms with E-state index in [2.05, 4.69) is 35.0 Å². The van der Waals surface area contributed by atoms with Crippen LogP contribution in [0.15, 0.2) is 18.2 Å². The average Bonchev–Trinajstić information content (AvgIpc) is 2.93. The minimum Gasteiger partial charge on any atom is -0.396 e. The summed E-state index contributed by atoms with van der Waals surface area (Å²) in [5, 5.41) is 11.1. The minimum atomic E-state index is 0.296. The van der Waals surface area contributed by atoms with E-state index in [4.69, 9.17) is 4.74 Å². The van der Waals surface area contributed by atoms with Crippen molar-refractivity contribution in [1.82, 2.24) is 9.88 Å². The van der Waals surface area contributed by atoms with E-state index < -0.39 is 0 Å². The second-order valence-corrected chi connectivity index (χ2v) is 7.03. The van der Waals surface area contributed by atoms with E-state index in [9.17, 15) is 5.11 Å². The first-order valence-electron chi connectivity index (χ1n) is 8.73. The minimum absolute atomic E-state index is 0.296. The van der Waals surface area contributed by atoms with Crippen molar-refractivity contribution < 1.29 is 9.84 Å². The van der Waals surface area contributed by atoms with Crippen molar-refractivity contribution >= 4 is 10.9 Å². The number of H-pyrrole nitrogens is 1. The lowest BCUT2D eigenvalue weighted by atomic mass is 9.72. The van der Waals surface area contributed by atoms with Gasteiger partial charge in [0.25, 0.3) is 0 Å². The molecule has 0 spiro atoms. The lowest BCUT2D eigenvalue weighted by molar-refractivity contribution is 0.0609. The number of nitrogens with one attached hydrogen (secondary N) is 1. The summed E-state index contributed by atoms with van der Waals surface area (Å²) in [5.74, 6) is 0.925. The molecule has 3 atom stereocenters. The summed E-state index contributed by atoms with van der Waals surface area (Å²) in [4.78, 5) is 6.14. The average molecular weight is 314 g/mol. The van der Waals surface area contributed by atoms with Crippen LogP contribution in [0.4, 0.5) is 0 Å². The molecule has 4 nitrogen and oxygen atoms in total. The number of aliphatic hydroxyl groups excluding tert-OH is 1. The third kappa shape index (κ3) is 2.32. The Kier molecular flexibility index (Phi) is 3.92. The molecule has 4 heteroatoms. The number of fused-ring (bicyclic) bond motifs is 2. The Bertz CT molecular complexity index is 709. The van der Waals surface area contributed by atoms with Crippen molar-refractivity contribution in [2.45, 2.75) is 38.3 Å². The van der Waals surface area contributed by atoms with Crippen LogP contribution in [-0.4, -0.2) is 47.8 Å². The number of piperidine rings is 1. The molecule has 2 N–H and O–H groups in total. The summed E-state index contributed by atoms with van der Waals surface area (Å²) >= 11 is 0. The second kappa shape index (κ2) is 5.93. The third-order valence-corrected chi connectivity index (χ3v) is 5.83. The van der Waals surface area contributed by atoms with Crippen LogP contribution < -0.4 is 0 Å². The Morgan fingerprint density at radius 1 is 1.39 bits per heavy atom. The van der Waals surface area contributed by atoms with Gasteiger partial charge in [0.1, 0.15) is 0 Å². The molecule has 23 heavy (non-hydrogen) atoms. The Hall–Kier alpha value is -1.36. The van der Waals surface area contributed by atoms with E-state index in [1.54, 1.807) is 7.11 Å². The topological polar surface area (TPSA) is 48.5 Å². The van der Waals surface area contributed by atoms with Gasteiger partial charge in [-0.25, -0.2) is 0 Å². The summed E-state index contributed by atoms with van der Waals surface area (Å²) in [5.41, 5.74) is 5.37. The zero-order chi connectivity index (χ0) is 16.0. The lowest BCUT2D eigenvalue weighted by Crippen LogP contribution is -2.50. The van der Waals surface area contributed by atoms with Gasteiger partial charge < -0.3 is 14.8 Å². The van der Waals surface area contributed by atoms with Gasteiger partial charge in [-0.05, 0) is 42.5 Å². The van der Waals surface area contributed by atoms with Gasteiger partial charge >= 0.3 is 0 Å². The molecule has 1 aliphatic heterocycles. The first kappa shape index (κ1) is 15.2. The smallest absolute Gasteiger partial charge is 0.0865 e. The molecule has 124 valence electrons. The van der Waals surface area contributed by atoms with E-state index in [1.165, 1.54) is 27.7 Å². The maximum atomic E-state index is 9.71. The molecule has 2 aromatic rings. The lowest BCUT2D eigenvalue weighted by Gasteiger charge is -2.46. The summed E-state index contributed by atoms with van der Waals surface area (Å²) in [6, 6.07) is 7.18. The number of methoxy groups -OCH3 is 1. The second-order valence-electron chi connectivity index (χ2n) is 7.03. The van der Waals surface area contributed by atoms with Gasteiger partial charge in [0.2, 0.25) is 0 Å². The largest absolute Gasteiger partial charge is 0.396 e. The fourth-order valence-electron chi connectivity index (χ4n) is 4.82. The summed E-state index contributed by atoms with van der Waals surface area (Å²) in [6.07, 6.45) is 2.19. The predicted octanol–water partition coefficient (Wildman–Crippen LogP) is 2.66. The van der Waals surface area contributed by atoms with Gasteiger partial charge in [-0.15, -0.1) is 0 Å². The number of hydrogen-bond donors (Lipinski definition) is 2. The SMILES string of the molecule is CCN1CC(CO)C[C@@H]2c3cccc4[nH]c(COC)c(c34)C[C@H]21. The van der Waals surface area contributed by atoms with E-state index in [1.807, 2.05) is 0 Å². The number of aliphatic hydroxyl groups is 1. The van der Waals surface area contributed by atoms with Crippen LogP contribution in [0.3, 0.4) is 0 Å². The van der Waals surface area contributed by atoms with Crippen LogP contribution in [0.2, 0.25) is 0 Å². The van der Waals surface area contributed by atoms with Crippen LogP contribution in [0, 0.1) is 5.92 Å². The molecule has 4 rings (SSSR count). The standard InChI is InChI=1S/C19H26N2O2/c1-3-21-9-12(10-22)7-14-13-5-4-6-16-19(13)15(8-18(14)21)17(20-16)11-23-2/h4-6,12,14,18,20,22H,3,7-11H2,1-2H3/t12?,14-,18-/m1/s1. The molecular formula is C19H26N2O2. The fourth-order valence-corrected chi connectivity index (χ4v) is 4.82. The zero-order valence-electron chi connectivity index (χ0n) is 14.0. The quantitative estimate of drug-likeness (QED) is 0.912. The number of benzene rings is 1. The van der Waals surface area contributed by atoms with Crippen molar-refractivity contribution in [3.05, 3.63) is 35.0 Å². The highest BCUT2D eigenvalue weighted by Crippen LogP contribution is 2.45. The summed E-state index contributed by atoms with van der Waals surface area (Å²) in [7, 11) is 1.76.